The highest BCUT2D eigenvalue weighted by Gasteiger charge is 2.07. The van der Waals surface area contributed by atoms with E-state index in [-0.39, 0.29) is 5.82 Å². The van der Waals surface area contributed by atoms with Crippen LogP contribution in [0.5, 0.6) is 0 Å². The van der Waals surface area contributed by atoms with Crippen molar-refractivity contribution in [2.45, 2.75) is 0 Å². The number of benzene rings is 5. The van der Waals surface area contributed by atoms with Crippen LogP contribution in [0.2, 0.25) is 0 Å². The van der Waals surface area contributed by atoms with Crippen molar-refractivity contribution in [2.24, 2.45) is 0 Å². The molecular formula is C22H13F. The summed E-state index contributed by atoms with van der Waals surface area (Å²) in [5.74, 6) is -0.165. The molecule has 0 atom stereocenters. The molecular weight excluding hydrogens is 283 g/mol. The van der Waals surface area contributed by atoms with E-state index in [0.717, 1.165) is 16.2 Å². The molecule has 5 rings (SSSR count). The van der Waals surface area contributed by atoms with Gasteiger partial charge in [-0.15, -0.1) is 0 Å². The fraction of sp³-hybridized carbons (Fsp3) is 0. The first-order valence-electron chi connectivity index (χ1n) is 7.73. The lowest BCUT2D eigenvalue weighted by Crippen LogP contribution is -1.83. The van der Waals surface area contributed by atoms with E-state index in [1.807, 2.05) is 18.2 Å². The average molecular weight is 296 g/mol. The van der Waals surface area contributed by atoms with Crippen LogP contribution in [0.4, 0.5) is 4.39 Å². The second-order valence-corrected chi connectivity index (χ2v) is 6.02. The summed E-state index contributed by atoms with van der Waals surface area (Å²) in [6, 6.07) is 26.3. The Labute approximate surface area is 132 Å². The van der Waals surface area contributed by atoms with Crippen LogP contribution in [-0.2, 0) is 0 Å². The zero-order chi connectivity index (χ0) is 15.4. The highest BCUT2D eigenvalue weighted by atomic mass is 19.1. The molecule has 108 valence electrons. The lowest BCUT2D eigenvalue weighted by atomic mass is 9.96. The molecule has 23 heavy (non-hydrogen) atoms. The molecule has 0 fully saturated rings. The molecule has 0 saturated carbocycles. The van der Waals surface area contributed by atoms with Gasteiger partial charge in [-0.3, -0.25) is 0 Å². The predicted octanol–water partition coefficient (Wildman–Crippen LogP) is 6.44. The Morgan fingerprint density at radius 1 is 0.435 bits per heavy atom. The van der Waals surface area contributed by atoms with Gasteiger partial charge in [0.2, 0.25) is 0 Å². The molecule has 0 N–H and O–H groups in total. The van der Waals surface area contributed by atoms with Gasteiger partial charge in [0.1, 0.15) is 5.82 Å². The summed E-state index contributed by atoms with van der Waals surface area (Å²) in [4.78, 5) is 0. The summed E-state index contributed by atoms with van der Waals surface area (Å²) < 4.78 is 14.2. The number of hydrogen-bond donors (Lipinski definition) is 0. The van der Waals surface area contributed by atoms with Gasteiger partial charge in [0.05, 0.1) is 0 Å². The Morgan fingerprint density at radius 2 is 1.00 bits per heavy atom. The fourth-order valence-corrected chi connectivity index (χ4v) is 3.48. The van der Waals surface area contributed by atoms with Crippen molar-refractivity contribution in [3.05, 3.63) is 84.7 Å². The van der Waals surface area contributed by atoms with Crippen molar-refractivity contribution in [3.8, 4) is 0 Å². The summed E-state index contributed by atoms with van der Waals surface area (Å²) in [6.45, 7) is 0. The quantitative estimate of drug-likeness (QED) is 0.228. The van der Waals surface area contributed by atoms with Gasteiger partial charge in [0, 0.05) is 5.39 Å². The third-order valence-corrected chi connectivity index (χ3v) is 4.65. The molecule has 0 unspecified atom stereocenters. The van der Waals surface area contributed by atoms with Gasteiger partial charge in [-0.25, -0.2) is 4.39 Å². The van der Waals surface area contributed by atoms with Crippen molar-refractivity contribution in [1.29, 1.82) is 0 Å². The van der Waals surface area contributed by atoms with E-state index in [0.29, 0.717) is 5.39 Å². The molecule has 5 aromatic rings. The normalized spacial score (nSPS) is 11.7. The molecule has 0 amide bonds. The van der Waals surface area contributed by atoms with Crippen LogP contribution in [0.1, 0.15) is 0 Å². The van der Waals surface area contributed by atoms with Gasteiger partial charge < -0.3 is 0 Å². The topological polar surface area (TPSA) is 0 Å². The minimum Gasteiger partial charge on any atom is -0.206 e. The van der Waals surface area contributed by atoms with Crippen molar-refractivity contribution >= 4 is 43.1 Å². The lowest BCUT2D eigenvalue weighted by molar-refractivity contribution is 0.640. The predicted molar refractivity (Wildman–Crippen MR) is 96.4 cm³/mol. The zero-order valence-electron chi connectivity index (χ0n) is 12.4. The molecule has 0 spiro atoms. The lowest BCUT2D eigenvalue weighted by Gasteiger charge is -2.08. The van der Waals surface area contributed by atoms with E-state index in [4.69, 9.17) is 0 Å². The standard InChI is InChI=1S/C22H13F/c23-22-7-3-6-16-11-18-9-8-17-10-14-4-1-2-5-15(14)12-19(17)20(18)13-21(16)22/h1-13H. The van der Waals surface area contributed by atoms with Gasteiger partial charge in [0.15, 0.2) is 0 Å². The molecule has 0 aromatic heterocycles. The Balaban J connectivity index is 2.01. The Hall–Kier alpha value is -2.93. The van der Waals surface area contributed by atoms with Crippen LogP contribution in [0.15, 0.2) is 78.9 Å². The number of hydrogen-bond acceptors (Lipinski definition) is 0. The Kier molecular flexibility index (Phi) is 2.48. The van der Waals surface area contributed by atoms with Crippen LogP contribution < -0.4 is 0 Å². The molecule has 0 radical (unpaired) electrons. The van der Waals surface area contributed by atoms with E-state index in [1.165, 1.54) is 27.6 Å². The minimum atomic E-state index is -0.165. The van der Waals surface area contributed by atoms with Gasteiger partial charge in [-0.1, -0.05) is 48.5 Å². The molecule has 0 saturated heterocycles. The van der Waals surface area contributed by atoms with E-state index in [9.17, 15) is 4.39 Å². The second kappa shape index (κ2) is 4.53. The maximum absolute atomic E-state index is 14.2. The third kappa shape index (κ3) is 1.83. The summed E-state index contributed by atoms with van der Waals surface area (Å²) in [5, 5.41) is 8.67. The Morgan fingerprint density at radius 3 is 1.78 bits per heavy atom. The van der Waals surface area contributed by atoms with Gasteiger partial charge >= 0.3 is 0 Å². The van der Waals surface area contributed by atoms with Crippen molar-refractivity contribution in [1.82, 2.24) is 0 Å². The largest absolute Gasteiger partial charge is 0.206 e. The summed E-state index contributed by atoms with van der Waals surface area (Å²) >= 11 is 0. The average Bonchev–Trinajstić information content (AvgIpc) is 2.59. The summed E-state index contributed by atoms with van der Waals surface area (Å²) in [7, 11) is 0. The number of halogens is 1. The smallest absolute Gasteiger partial charge is 0.131 e. The molecule has 0 bridgehead atoms. The SMILES string of the molecule is Fc1cccc2cc3ccc4cc5ccccc5cc4c3cc12. The van der Waals surface area contributed by atoms with E-state index >= 15 is 0 Å². The van der Waals surface area contributed by atoms with Gasteiger partial charge in [-0.05, 0) is 68.0 Å². The van der Waals surface area contributed by atoms with Crippen LogP contribution in [0.25, 0.3) is 43.1 Å². The molecule has 1 heteroatoms. The molecule has 0 nitrogen and oxygen atoms in total. The maximum atomic E-state index is 14.2. The number of rotatable bonds is 0. The minimum absolute atomic E-state index is 0.165. The first-order chi connectivity index (χ1) is 11.3. The third-order valence-electron chi connectivity index (χ3n) is 4.65. The highest BCUT2D eigenvalue weighted by Crippen LogP contribution is 2.32. The van der Waals surface area contributed by atoms with Crippen LogP contribution >= 0.6 is 0 Å². The summed E-state index contributed by atoms with van der Waals surface area (Å²) in [6.07, 6.45) is 0. The first-order valence-corrected chi connectivity index (χ1v) is 7.73. The summed E-state index contributed by atoms with van der Waals surface area (Å²) in [5.41, 5.74) is 0. The van der Waals surface area contributed by atoms with Crippen molar-refractivity contribution in [3.63, 3.8) is 0 Å². The van der Waals surface area contributed by atoms with E-state index in [1.54, 1.807) is 6.07 Å². The van der Waals surface area contributed by atoms with Crippen LogP contribution in [0.3, 0.4) is 0 Å². The molecule has 0 aliphatic rings. The van der Waals surface area contributed by atoms with Crippen LogP contribution in [-0.4, -0.2) is 0 Å². The first kappa shape index (κ1) is 12.6. The molecule has 0 heterocycles. The fourth-order valence-electron chi connectivity index (χ4n) is 3.48. The van der Waals surface area contributed by atoms with Crippen molar-refractivity contribution in [2.75, 3.05) is 0 Å². The molecule has 5 aromatic carbocycles. The maximum Gasteiger partial charge on any atom is 0.131 e. The Bertz CT molecular complexity index is 1220. The van der Waals surface area contributed by atoms with E-state index in [2.05, 4.69) is 48.5 Å². The monoisotopic (exact) mass is 296 g/mol. The highest BCUT2D eigenvalue weighted by molar-refractivity contribution is 6.15. The van der Waals surface area contributed by atoms with Gasteiger partial charge in [-0.2, -0.15) is 0 Å². The molecule has 0 aliphatic carbocycles. The molecule has 0 aliphatic heterocycles. The van der Waals surface area contributed by atoms with E-state index < -0.39 is 0 Å². The second-order valence-electron chi connectivity index (χ2n) is 6.02. The van der Waals surface area contributed by atoms with Crippen LogP contribution in [0, 0.1) is 5.82 Å². The zero-order valence-corrected chi connectivity index (χ0v) is 12.4. The number of fused-ring (bicyclic) bond motifs is 5. The van der Waals surface area contributed by atoms with Gasteiger partial charge in [0.25, 0.3) is 0 Å². The van der Waals surface area contributed by atoms with Crippen molar-refractivity contribution < 1.29 is 4.39 Å².